The van der Waals surface area contributed by atoms with Crippen molar-refractivity contribution in [3.63, 3.8) is 0 Å². The van der Waals surface area contributed by atoms with Crippen molar-refractivity contribution in [3.05, 3.63) is 65.4 Å². The molecule has 0 N–H and O–H groups in total. The second-order valence-electron chi connectivity index (χ2n) is 9.31. The molecule has 0 bridgehead atoms. The van der Waals surface area contributed by atoms with Gasteiger partial charge in [-0.25, -0.2) is 4.99 Å². The van der Waals surface area contributed by atoms with Crippen LogP contribution in [0.25, 0.3) is 6.08 Å². The summed E-state index contributed by atoms with van der Waals surface area (Å²) < 4.78 is 5.37. The van der Waals surface area contributed by atoms with Gasteiger partial charge >= 0.3 is 0 Å². The van der Waals surface area contributed by atoms with Gasteiger partial charge in [0.15, 0.2) is 5.17 Å². The number of amidine groups is 1. The van der Waals surface area contributed by atoms with Crippen molar-refractivity contribution < 1.29 is 14.3 Å². The zero-order chi connectivity index (χ0) is 24.9. The standard InChI is InChI=1S/C28H33N3O3S/c1-19(2)22-13-11-21(12-14-22)16-25-27(33)31(23-9-7-10-24(17-23)34-4)28(29-25)35-18-26(32)30-15-6-5-8-20(30)3/h7,9-14,16-17,19-20H,5-6,8,15,18H2,1-4H3/b25-16+/t20-/m0/s1. The molecule has 1 saturated heterocycles. The van der Waals surface area contributed by atoms with Crippen LogP contribution in [0.2, 0.25) is 0 Å². The number of ether oxygens (including phenoxy) is 1. The SMILES string of the molecule is COc1cccc(N2C(=O)/C(=C\c3ccc(C(C)C)cc3)N=C2SCC(=O)N2CCCC[C@@H]2C)c1. The molecule has 2 aliphatic rings. The summed E-state index contributed by atoms with van der Waals surface area (Å²) in [6, 6.07) is 15.8. The van der Waals surface area contributed by atoms with Gasteiger partial charge in [-0.1, -0.05) is 55.9 Å². The molecule has 2 aromatic carbocycles. The number of piperidine rings is 1. The van der Waals surface area contributed by atoms with Gasteiger partial charge in [-0.15, -0.1) is 0 Å². The molecular formula is C28H33N3O3S. The molecule has 7 heteroatoms. The van der Waals surface area contributed by atoms with E-state index in [0.717, 1.165) is 31.4 Å². The minimum atomic E-state index is -0.215. The van der Waals surface area contributed by atoms with Crippen molar-refractivity contribution in [2.75, 3.05) is 24.3 Å². The topological polar surface area (TPSA) is 62.2 Å². The average molecular weight is 492 g/mol. The number of likely N-dealkylation sites (tertiary alicyclic amines) is 1. The van der Waals surface area contributed by atoms with Crippen LogP contribution in [0.15, 0.2) is 59.2 Å². The predicted molar refractivity (Wildman–Crippen MR) is 144 cm³/mol. The van der Waals surface area contributed by atoms with E-state index in [1.807, 2.05) is 47.4 Å². The Labute approximate surface area is 212 Å². The van der Waals surface area contributed by atoms with Crippen molar-refractivity contribution >= 4 is 40.5 Å². The van der Waals surface area contributed by atoms with Gasteiger partial charge in [0.25, 0.3) is 5.91 Å². The highest BCUT2D eigenvalue weighted by Crippen LogP contribution is 2.32. The molecule has 0 aromatic heterocycles. The van der Waals surface area contributed by atoms with Crippen LogP contribution in [0, 0.1) is 0 Å². The number of hydrogen-bond acceptors (Lipinski definition) is 5. The summed E-state index contributed by atoms with van der Waals surface area (Å²) in [6.45, 7) is 7.20. The van der Waals surface area contributed by atoms with E-state index in [-0.39, 0.29) is 23.6 Å². The van der Waals surface area contributed by atoms with Gasteiger partial charge in [0.05, 0.1) is 18.6 Å². The molecule has 2 aromatic rings. The van der Waals surface area contributed by atoms with E-state index in [4.69, 9.17) is 4.74 Å². The van der Waals surface area contributed by atoms with Gasteiger partial charge in [0.1, 0.15) is 11.4 Å². The molecule has 1 atom stereocenters. The first-order chi connectivity index (χ1) is 16.9. The van der Waals surface area contributed by atoms with Crippen LogP contribution in [0.4, 0.5) is 5.69 Å². The number of aliphatic imine (C=N–C) groups is 1. The highest BCUT2D eigenvalue weighted by atomic mass is 32.2. The first-order valence-electron chi connectivity index (χ1n) is 12.2. The number of thioether (sulfide) groups is 1. The Bertz CT molecular complexity index is 1140. The van der Waals surface area contributed by atoms with Crippen molar-refractivity contribution in [1.82, 2.24) is 4.90 Å². The highest BCUT2D eigenvalue weighted by Gasteiger charge is 2.33. The average Bonchev–Trinajstić information content (AvgIpc) is 3.17. The zero-order valence-electron chi connectivity index (χ0n) is 20.9. The number of amides is 2. The number of anilines is 1. The van der Waals surface area contributed by atoms with Gasteiger partial charge in [-0.3, -0.25) is 14.5 Å². The second kappa shape index (κ2) is 11.1. The molecule has 0 aliphatic carbocycles. The quantitative estimate of drug-likeness (QED) is 0.487. The molecular weight excluding hydrogens is 458 g/mol. The maximum absolute atomic E-state index is 13.5. The molecule has 0 spiro atoms. The highest BCUT2D eigenvalue weighted by molar-refractivity contribution is 8.14. The molecule has 1 fully saturated rings. The normalized spacial score (nSPS) is 19.5. The van der Waals surface area contributed by atoms with Crippen LogP contribution >= 0.6 is 11.8 Å². The van der Waals surface area contributed by atoms with Crippen LogP contribution in [0.3, 0.4) is 0 Å². The van der Waals surface area contributed by atoms with E-state index in [9.17, 15) is 9.59 Å². The first kappa shape index (κ1) is 25.0. The predicted octanol–water partition coefficient (Wildman–Crippen LogP) is 5.70. The van der Waals surface area contributed by atoms with Crippen molar-refractivity contribution in [2.24, 2.45) is 4.99 Å². The van der Waals surface area contributed by atoms with Gasteiger partial charge in [-0.2, -0.15) is 0 Å². The minimum absolute atomic E-state index is 0.0876. The lowest BCUT2D eigenvalue weighted by atomic mass is 10.0. The van der Waals surface area contributed by atoms with Crippen LogP contribution in [-0.4, -0.2) is 47.3 Å². The summed E-state index contributed by atoms with van der Waals surface area (Å²) in [5, 5.41) is 0.506. The van der Waals surface area contributed by atoms with Gasteiger partial charge in [0.2, 0.25) is 5.91 Å². The molecule has 184 valence electrons. The maximum atomic E-state index is 13.5. The summed E-state index contributed by atoms with van der Waals surface area (Å²) in [7, 11) is 1.60. The molecule has 0 unspecified atom stereocenters. The fourth-order valence-electron chi connectivity index (χ4n) is 4.38. The molecule has 2 heterocycles. The Morgan fingerprint density at radius 2 is 1.97 bits per heavy atom. The van der Waals surface area contributed by atoms with E-state index < -0.39 is 0 Å². The summed E-state index contributed by atoms with van der Waals surface area (Å²) in [5.41, 5.74) is 3.18. The first-order valence-corrected chi connectivity index (χ1v) is 13.2. The van der Waals surface area contributed by atoms with Gasteiger partial charge in [0, 0.05) is 18.7 Å². The number of carbonyl (C=O) groups is 2. The summed E-state index contributed by atoms with van der Waals surface area (Å²) in [4.78, 5) is 34.7. The lowest BCUT2D eigenvalue weighted by molar-refractivity contribution is -0.131. The third kappa shape index (κ3) is 5.78. The molecule has 2 aliphatic heterocycles. The molecule has 4 rings (SSSR count). The monoisotopic (exact) mass is 491 g/mol. The fourth-order valence-corrected chi connectivity index (χ4v) is 5.28. The Morgan fingerprint density at radius 1 is 1.20 bits per heavy atom. The third-order valence-corrected chi connectivity index (χ3v) is 7.42. The molecule has 6 nitrogen and oxygen atoms in total. The Hall–Kier alpha value is -3.06. The number of methoxy groups -OCH3 is 1. The summed E-state index contributed by atoms with van der Waals surface area (Å²) in [5.74, 6) is 1.21. The van der Waals surface area contributed by atoms with Crippen molar-refractivity contribution in [1.29, 1.82) is 0 Å². The number of rotatable bonds is 6. The zero-order valence-corrected chi connectivity index (χ0v) is 21.7. The Balaban J connectivity index is 1.60. The number of carbonyl (C=O) groups excluding carboxylic acids is 2. The maximum Gasteiger partial charge on any atom is 0.283 e. The van der Waals surface area contributed by atoms with Crippen LogP contribution in [0.1, 0.15) is 57.1 Å². The van der Waals surface area contributed by atoms with E-state index in [0.29, 0.717) is 28.2 Å². The van der Waals surface area contributed by atoms with Crippen LogP contribution in [-0.2, 0) is 9.59 Å². The third-order valence-electron chi connectivity index (χ3n) is 6.50. The van der Waals surface area contributed by atoms with E-state index in [2.05, 4.69) is 37.9 Å². The molecule has 0 saturated carbocycles. The lowest BCUT2D eigenvalue weighted by Crippen LogP contribution is -2.43. The number of nitrogens with zero attached hydrogens (tertiary/aromatic N) is 3. The lowest BCUT2D eigenvalue weighted by Gasteiger charge is -2.33. The van der Waals surface area contributed by atoms with Crippen molar-refractivity contribution in [3.8, 4) is 5.75 Å². The van der Waals surface area contributed by atoms with Gasteiger partial charge < -0.3 is 9.64 Å². The molecule has 0 radical (unpaired) electrons. The molecule has 35 heavy (non-hydrogen) atoms. The van der Waals surface area contributed by atoms with Crippen molar-refractivity contribution in [2.45, 2.75) is 52.0 Å². The minimum Gasteiger partial charge on any atom is -0.497 e. The smallest absolute Gasteiger partial charge is 0.283 e. The molecule has 2 amide bonds. The van der Waals surface area contributed by atoms with E-state index in [1.165, 1.54) is 17.3 Å². The summed E-state index contributed by atoms with van der Waals surface area (Å²) >= 11 is 1.31. The van der Waals surface area contributed by atoms with Crippen LogP contribution < -0.4 is 9.64 Å². The second-order valence-corrected chi connectivity index (χ2v) is 10.3. The Morgan fingerprint density at radius 3 is 2.66 bits per heavy atom. The fraction of sp³-hybridized carbons (Fsp3) is 0.393. The van der Waals surface area contributed by atoms with Crippen LogP contribution in [0.5, 0.6) is 5.75 Å². The summed E-state index contributed by atoms with van der Waals surface area (Å²) in [6.07, 6.45) is 5.05. The largest absolute Gasteiger partial charge is 0.497 e. The Kier molecular flexibility index (Phi) is 7.96. The van der Waals surface area contributed by atoms with E-state index >= 15 is 0 Å². The van der Waals surface area contributed by atoms with E-state index in [1.54, 1.807) is 12.0 Å². The number of benzene rings is 2. The number of hydrogen-bond donors (Lipinski definition) is 0. The van der Waals surface area contributed by atoms with Gasteiger partial charge in [-0.05, 0) is 61.4 Å².